The Morgan fingerprint density at radius 2 is 1.77 bits per heavy atom. The molecule has 1 amide bonds. The summed E-state index contributed by atoms with van der Waals surface area (Å²) in [5.41, 5.74) is -0.358. The van der Waals surface area contributed by atoms with E-state index in [1.54, 1.807) is 6.92 Å². The van der Waals surface area contributed by atoms with E-state index in [4.69, 9.17) is 25.3 Å². The normalized spacial score (nSPS) is 11.4. The lowest BCUT2D eigenvalue weighted by Gasteiger charge is -2.12. The summed E-state index contributed by atoms with van der Waals surface area (Å²) in [5, 5.41) is 1.26. The average Bonchev–Trinajstić information content (AvgIpc) is 2.71. The van der Waals surface area contributed by atoms with E-state index in [-0.39, 0.29) is 40.7 Å². The highest BCUT2D eigenvalue weighted by molar-refractivity contribution is 8.09. The quantitative estimate of drug-likeness (QED) is 0.336. The molecule has 7 nitrogen and oxygen atoms in total. The minimum atomic E-state index is -1.67. The van der Waals surface area contributed by atoms with Crippen LogP contribution in [0.25, 0.3) is 0 Å². The van der Waals surface area contributed by atoms with Crippen molar-refractivity contribution in [1.29, 1.82) is 0 Å². The van der Waals surface area contributed by atoms with Crippen molar-refractivity contribution in [3.8, 4) is 5.75 Å². The van der Waals surface area contributed by atoms with Gasteiger partial charge in [0.2, 0.25) is 0 Å². The summed E-state index contributed by atoms with van der Waals surface area (Å²) in [7, 11) is 0. The number of esters is 1. The molecule has 2 aromatic rings. The Kier molecular flexibility index (Phi) is 8.57. The Morgan fingerprint density at radius 1 is 1.13 bits per heavy atom. The van der Waals surface area contributed by atoms with E-state index in [1.165, 1.54) is 19.1 Å². The van der Waals surface area contributed by atoms with Crippen LogP contribution in [0.2, 0.25) is 5.02 Å². The number of anilines is 1. The number of amides is 1. The summed E-state index contributed by atoms with van der Waals surface area (Å²) in [4.78, 5) is 35.5. The molecule has 0 bridgehead atoms. The van der Waals surface area contributed by atoms with Crippen LogP contribution >= 0.6 is 23.6 Å². The molecular formula is C19H15ClF3NO6S. The molecule has 0 aliphatic carbocycles. The molecular weight excluding hydrogens is 463 g/mol. The topological polar surface area (TPSA) is 90.9 Å². The number of rotatable bonds is 7. The number of hydrogen-bond acceptors (Lipinski definition) is 7. The molecule has 12 heteroatoms. The summed E-state index contributed by atoms with van der Waals surface area (Å²) in [5.74, 6) is -6.25. The van der Waals surface area contributed by atoms with Gasteiger partial charge in [-0.15, -0.1) is 0 Å². The zero-order chi connectivity index (χ0) is 23.1. The summed E-state index contributed by atoms with van der Waals surface area (Å²) < 4.78 is 54.3. The van der Waals surface area contributed by atoms with E-state index in [2.05, 4.69) is 5.32 Å². The minimum absolute atomic E-state index is 0.0363. The third-order valence-corrected chi connectivity index (χ3v) is 4.33. The Labute approximate surface area is 184 Å². The van der Waals surface area contributed by atoms with Crippen LogP contribution in [0, 0.1) is 17.5 Å². The molecule has 0 fully saturated rings. The number of benzene rings is 2. The number of carbonyl (C=O) groups is 3. The van der Waals surface area contributed by atoms with E-state index in [0.717, 1.165) is 6.07 Å². The highest BCUT2D eigenvalue weighted by Gasteiger charge is 2.21. The smallest absolute Gasteiger partial charge is 0.407 e. The Morgan fingerprint density at radius 3 is 2.39 bits per heavy atom. The fraction of sp³-hybridized carbons (Fsp3) is 0.211. The molecule has 0 heterocycles. The maximum Gasteiger partial charge on any atom is 0.407 e. The standard InChI is InChI=1S/C19H15ClF3NO6S/c1-3-28-18(26)9(2)29-19(27)31-30-15-6-10(4-5-12(15)20)17(25)24-11-7-13(21)16(23)14(22)8-11/h4-9H,3H2,1-2H3,(H,24,25). The molecule has 2 rings (SSSR count). The molecule has 0 saturated carbocycles. The largest absolute Gasteiger partial charge is 0.463 e. The van der Waals surface area contributed by atoms with Crippen molar-refractivity contribution >= 4 is 46.5 Å². The van der Waals surface area contributed by atoms with Crippen LogP contribution in [-0.4, -0.2) is 29.9 Å². The Bertz CT molecular complexity index is 984. The number of nitrogens with one attached hydrogen (secondary N) is 1. The predicted octanol–water partition coefficient (Wildman–Crippen LogP) is 5.12. The Balaban J connectivity index is 2.03. The molecule has 0 saturated heterocycles. The molecule has 0 aliphatic rings. The van der Waals surface area contributed by atoms with Gasteiger partial charge in [-0.05, 0) is 32.0 Å². The molecule has 31 heavy (non-hydrogen) atoms. The summed E-state index contributed by atoms with van der Waals surface area (Å²) >= 11 is 6.18. The third-order valence-electron chi connectivity index (χ3n) is 3.53. The highest BCUT2D eigenvalue weighted by Crippen LogP contribution is 2.29. The van der Waals surface area contributed by atoms with Crippen LogP contribution in [0.1, 0.15) is 24.2 Å². The van der Waals surface area contributed by atoms with Gasteiger partial charge in [0, 0.05) is 23.4 Å². The molecule has 2 aromatic carbocycles. The molecule has 1 unspecified atom stereocenters. The lowest BCUT2D eigenvalue weighted by molar-refractivity contribution is -0.151. The molecule has 0 aromatic heterocycles. The second kappa shape index (κ2) is 10.9. The zero-order valence-corrected chi connectivity index (χ0v) is 17.6. The summed E-state index contributed by atoms with van der Waals surface area (Å²) in [6, 6.07) is 4.95. The maximum absolute atomic E-state index is 13.3. The maximum atomic E-state index is 13.3. The SMILES string of the molecule is CCOC(=O)C(C)OC(=O)SOc1cc(C(=O)Nc2cc(F)c(F)c(F)c2)ccc1Cl. The van der Waals surface area contributed by atoms with Crippen LogP contribution in [0.4, 0.5) is 23.7 Å². The molecule has 0 aliphatic heterocycles. The molecule has 1 N–H and O–H groups in total. The minimum Gasteiger partial charge on any atom is -0.463 e. The van der Waals surface area contributed by atoms with Gasteiger partial charge in [0.15, 0.2) is 41.3 Å². The third kappa shape index (κ3) is 6.79. The van der Waals surface area contributed by atoms with E-state index < -0.39 is 40.7 Å². The van der Waals surface area contributed by atoms with Crippen molar-refractivity contribution in [2.75, 3.05) is 11.9 Å². The zero-order valence-electron chi connectivity index (χ0n) is 16.0. The van der Waals surface area contributed by atoms with Gasteiger partial charge in [-0.1, -0.05) is 11.6 Å². The van der Waals surface area contributed by atoms with Crippen molar-refractivity contribution in [2.24, 2.45) is 0 Å². The molecule has 166 valence electrons. The van der Waals surface area contributed by atoms with Crippen molar-refractivity contribution in [2.45, 2.75) is 20.0 Å². The fourth-order valence-corrected chi connectivity index (χ4v) is 2.77. The van der Waals surface area contributed by atoms with Crippen molar-refractivity contribution in [3.63, 3.8) is 0 Å². The van der Waals surface area contributed by atoms with E-state index >= 15 is 0 Å². The lowest BCUT2D eigenvalue weighted by Crippen LogP contribution is -2.25. The van der Waals surface area contributed by atoms with Gasteiger partial charge in [0.1, 0.15) is 0 Å². The van der Waals surface area contributed by atoms with Crippen LogP contribution < -0.4 is 9.50 Å². The average molecular weight is 478 g/mol. The first-order chi connectivity index (χ1) is 14.6. The lowest BCUT2D eigenvalue weighted by atomic mass is 10.2. The van der Waals surface area contributed by atoms with Crippen LogP contribution in [-0.2, 0) is 14.3 Å². The van der Waals surface area contributed by atoms with Crippen molar-refractivity contribution in [1.82, 2.24) is 0 Å². The molecule has 1 atom stereocenters. The van der Waals surface area contributed by atoms with E-state index in [0.29, 0.717) is 12.1 Å². The van der Waals surface area contributed by atoms with Gasteiger partial charge in [0.25, 0.3) is 5.91 Å². The van der Waals surface area contributed by atoms with Crippen molar-refractivity contribution in [3.05, 3.63) is 58.4 Å². The van der Waals surface area contributed by atoms with Crippen molar-refractivity contribution < 1.29 is 41.2 Å². The summed E-state index contributed by atoms with van der Waals surface area (Å²) in [6.07, 6.45) is -1.16. The van der Waals surface area contributed by atoms with Gasteiger partial charge in [0.05, 0.1) is 11.6 Å². The number of hydrogen-bond donors (Lipinski definition) is 1. The van der Waals surface area contributed by atoms with Gasteiger partial charge in [-0.25, -0.2) is 22.8 Å². The van der Waals surface area contributed by atoms with Gasteiger partial charge in [-0.3, -0.25) is 4.79 Å². The van der Waals surface area contributed by atoms with Gasteiger partial charge < -0.3 is 19.0 Å². The number of carbonyl (C=O) groups excluding carboxylic acids is 3. The molecule has 0 radical (unpaired) electrons. The second-order valence-corrected chi connectivity index (χ2v) is 6.86. The van der Waals surface area contributed by atoms with E-state index in [9.17, 15) is 27.6 Å². The first-order valence-electron chi connectivity index (χ1n) is 8.59. The van der Waals surface area contributed by atoms with Gasteiger partial charge in [-0.2, -0.15) is 0 Å². The van der Waals surface area contributed by atoms with E-state index in [1.807, 2.05) is 0 Å². The predicted molar refractivity (Wildman–Crippen MR) is 107 cm³/mol. The highest BCUT2D eigenvalue weighted by atomic mass is 35.5. The monoisotopic (exact) mass is 477 g/mol. The number of halogens is 4. The number of ether oxygens (including phenoxy) is 2. The fourth-order valence-electron chi connectivity index (χ4n) is 2.09. The first-order valence-corrected chi connectivity index (χ1v) is 9.71. The Hall–Kier alpha value is -2.92. The molecule has 0 spiro atoms. The van der Waals surface area contributed by atoms with Crippen LogP contribution in [0.15, 0.2) is 30.3 Å². The summed E-state index contributed by atoms with van der Waals surface area (Å²) in [6.45, 7) is 3.03. The van der Waals surface area contributed by atoms with Crippen LogP contribution in [0.5, 0.6) is 5.75 Å². The first kappa shape index (κ1) is 24.4. The van der Waals surface area contributed by atoms with Crippen LogP contribution in [0.3, 0.4) is 0 Å². The van der Waals surface area contributed by atoms with Gasteiger partial charge >= 0.3 is 11.3 Å². The second-order valence-electron chi connectivity index (χ2n) is 5.78.